The second-order valence-corrected chi connectivity index (χ2v) is 0.998. The molecule has 0 fully saturated rings. The lowest BCUT2D eigenvalue weighted by molar-refractivity contribution is -0.00000149. The van der Waals surface area contributed by atoms with E-state index < -0.39 is 0 Å². The molecule has 0 amide bonds. The Kier molecular flexibility index (Phi) is 13.4. The van der Waals surface area contributed by atoms with E-state index in [0.717, 1.165) is 6.42 Å². The van der Waals surface area contributed by atoms with E-state index in [0.29, 0.717) is 0 Å². The van der Waals surface area contributed by atoms with Crippen molar-refractivity contribution in [2.75, 3.05) is 0 Å². The lowest BCUT2D eigenvalue weighted by Crippen LogP contribution is -3.00. The first-order chi connectivity index (χ1) is 2.91. The predicted molar refractivity (Wildman–Crippen MR) is 30.2 cm³/mol. The molecule has 0 aliphatic heterocycles. The average molecular weight is 164 g/mol. The van der Waals surface area contributed by atoms with Crippen molar-refractivity contribution in [2.45, 2.75) is 20.3 Å². The fourth-order valence-corrected chi connectivity index (χ4v) is 0.211. The van der Waals surface area contributed by atoms with Crippen molar-refractivity contribution in [3.63, 3.8) is 0 Å². The fraction of sp³-hybridized carbons (Fsp3) is 0.600. The van der Waals surface area contributed by atoms with E-state index in [-0.39, 0.29) is 17.0 Å². The van der Waals surface area contributed by atoms with Crippen molar-refractivity contribution in [3.8, 4) is 0 Å². The van der Waals surface area contributed by atoms with Gasteiger partial charge < -0.3 is 17.0 Å². The first-order valence-corrected chi connectivity index (χ1v) is 2.21. The molecule has 2 heteroatoms. The minimum absolute atomic E-state index is 0. The van der Waals surface area contributed by atoms with Gasteiger partial charge in [0.2, 0.25) is 0 Å². The first-order valence-electron chi connectivity index (χ1n) is 2.21. The second kappa shape index (κ2) is 9.33. The van der Waals surface area contributed by atoms with Crippen LogP contribution in [0.3, 0.4) is 0 Å². The number of nitrogens with zero attached hydrogens (tertiary/aromatic N) is 1. The predicted octanol–water partition coefficient (Wildman–Crippen LogP) is -2.37. The molecule has 0 bridgehead atoms. The molecule has 0 saturated heterocycles. The number of hydrogen-bond acceptors (Lipinski definition) is 0. The highest BCUT2D eigenvalue weighted by atomic mass is 79.9. The molecule has 0 spiro atoms. The van der Waals surface area contributed by atoms with Gasteiger partial charge in [-0.05, 0) is 0 Å². The van der Waals surface area contributed by atoms with Gasteiger partial charge in [0.05, 0.1) is 0 Å². The van der Waals surface area contributed by atoms with Crippen molar-refractivity contribution in [2.24, 2.45) is 0 Å². The summed E-state index contributed by atoms with van der Waals surface area (Å²) >= 11 is 0. The van der Waals surface area contributed by atoms with Crippen LogP contribution in [0.2, 0.25) is 0 Å². The Labute approximate surface area is 55.0 Å². The molecule has 42 valence electrons. The summed E-state index contributed by atoms with van der Waals surface area (Å²) in [4.78, 5) is 0. The minimum Gasteiger partial charge on any atom is -1.00 e. The zero-order valence-electron chi connectivity index (χ0n) is 4.69. The van der Waals surface area contributed by atoms with Crippen molar-refractivity contribution in [1.82, 2.24) is 4.67 Å². The topological polar surface area (TPSA) is 14.1 Å². The Balaban J connectivity index is 0. The number of hydrogen-bond donors (Lipinski definition) is 0. The monoisotopic (exact) mass is 163 g/mol. The average Bonchev–Trinajstić information content (AvgIpc) is 1.61. The van der Waals surface area contributed by atoms with Crippen LogP contribution in [-0.4, -0.2) is 12.4 Å². The third kappa shape index (κ3) is 10.7. The van der Waals surface area contributed by atoms with Crippen LogP contribution in [-0.2, 0) is 0 Å². The van der Waals surface area contributed by atoms with E-state index >= 15 is 0 Å². The van der Waals surface area contributed by atoms with Crippen LogP contribution < -0.4 is 21.6 Å². The van der Waals surface area contributed by atoms with Gasteiger partial charge in [0.25, 0.3) is 12.4 Å². The van der Waals surface area contributed by atoms with E-state index in [1.165, 1.54) is 0 Å². The maximum Gasteiger partial charge on any atom is 0.268 e. The fourth-order valence-electron chi connectivity index (χ4n) is 0.211. The summed E-state index contributed by atoms with van der Waals surface area (Å²) in [5.74, 6) is 0. The van der Waals surface area contributed by atoms with Crippen molar-refractivity contribution < 1.29 is 17.0 Å². The molecular weight excluding hydrogens is 154 g/mol. The van der Waals surface area contributed by atoms with Gasteiger partial charge in [-0.3, -0.25) is 0 Å². The summed E-state index contributed by atoms with van der Waals surface area (Å²) in [5.41, 5.74) is 0. The largest absolute Gasteiger partial charge is 1.00 e. The lowest BCUT2D eigenvalue weighted by Gasteiger charge is -1.49. The van der Waals surface area contributed by atoms with Gasteiger partial charge >= 0.3 is 0 Å². The molecule has 0 radical (unpaired) electrons. The van der Waals surface area contributed by atoms with Crippen LogP contribution in [0.4, 0.5) is 0 Å². The molecule has 0 aromatic rings. The standard InChI is InChI=1S/C5H10N.BrH/c1-3-5-6-4-2;/h4-5H,3H2,1-2H3;1H/q+1;/p-1. The SMILES string of the molecule is CC=[N+]=CCC.[Br-]. The highest BCUT2D eigenvalue weighted by Crippen LogP contribution is 1.54. The van der Waals surface area contributed by atoms with Crippen molar-refractivity contribution in [1.29, 1.82) is 0 Å². The van der Waals surface area contributed by atoms with E-state index in [9.17, 15) is 0 Å². The van der Waals surface area contributed by atoms with Gasteiger partial charge in [0.15, 0.2) is 0 Å². The smallest absolute Gasteiger partial charge is 0.268 e. The van der Waals surface area contributed by atoms with Crippen LogP contribution in [0.1, 0.15) is 20.3 Å². The molecule has 0 unspecified atom stereocenters. The third-order valence-corrected chi connectivity index (χ3v) is 0.437. The Morgan fingerprint density at radius 2 is 2.14 bits per heavy atom. The molecule has 0 atom stereocenters. The van der Waals surface area contributed by atoms with E-state index in [2.05, 4.69) is 11.6 Å². The molecular formula is C5H10BrN. The van der Waals surface area contributed by atoms with Gasteiger partial charge in [-0.1, -0.05) is 6.92 Å². The Morgan fingerprint density at radius 1 is 1.57 bits per heavy atom. The summed E-state index contributed by atoms with van der Waals surface area (Å²) in [6.45, 7) is 3.97. The summed E-state index contributed by atoms with van der Waals surface area (Å²) in [7, 11) is 0. The van der Waals surface area contributed by atoms with E-state index in [4.69, 9.17) is 0 Å². The molecule has 1 nitrogen and oxygen atoms in total. The lowest BCUT2D eigenvalue weighted by atomic mass is 10.5. The minimum atomic E-state index is 0. The maximum atomic E-state index is 3.84. The number of rotatable bonds is 1. The molecule has 0 aliphatic rings. The van der Waals surface area contributed by atoms with Gasteiger partial charge in [-0.15, -0.1) is 4.67 Å². The van der Waals surface area contributed by atoms with Crippen LogP contribution in [0.25, 0.3) is 0 Å². The molecule has 0 saturated carbocycles. The zero-order chi connectivity index (χ0) is 4.83. The Hall–Kier alpha value is -0.0700. The Bertz CT molecular complexity index is 72.1. The van der Waals surface area contributed by atoms with Crippen molar-refractivity contribution in [3.05, 3.63) is 0 Å². The molecule has 0 aliphatic carbocycles. The summed E-state index contributed by atoms with van der Waals surface area (Å²) < 4.78 is 3.84. The number of halogens is 1. The summed E-state index contributed by atoms with van der Waals surface area (Å²) in [6.07, 6.45) is 4.69. The van der Waals surface area contributed by atoms with Crippen LogP contribution in [0.5, 0.6) is 0 Å². The summed E-state index contributed by atoms with van der Waals surface area (Å²) in [6, 6.07) is 0. The normalized spacial score (nSPS) is 5.43. The van der Waals surface area contributed by atoms with Crippen LogP contribution in [0, 0.1) is 0 Å². The summed E-state index contributed by atoms with van der Waals surface area (Å²) in [5, 5.41) is 0. The second-order valence-electron chi connectivity index (χ2n) is 0.998. The van der Waals surface area contributed by atoms with Crippen molar-refractivity contribution >= 4 is 12.4 Å². The van der Waals surface area contributed by atoms with Crippen LogP contribution >= 0.6 is 0 Å². The zero-order valence-corrected chi connectivity index (χ0v) is 6.27. The van der Waals surface area contributed by atoms with Gasteiger partial charge in [0.1, 0.15) is 0 Å². The molecule has 0 aromatic heterocycles. The molecule has 0 rings (SSSR count). The highest BCUT2D eigenvalue weighted by molar-refractivity contribution is 5.63. The molecule has 0 N–H and O–H groups in total. The Morgan fingerprint density at radius 3 is 2.29 bits per heavy atom. The van der Waals surface area contributed by atoms with Gasteiger partial charge in [-0.2, -0.15) is 0 Å². The molecule has 7 heavy (non-hydrogen) atoms. The molecule has 0 aromatic carbocycles. The quantitative estimate of drug-likeness (QED) is 0.304. The third-order valence-electron chi connectivity index (χ3n) is 0.437. The maximum absolute atomic E-state index is 3.84. The van der Waals surface area contributed by atoms with Gasteiger partial charge in [-0.25, -0.2) is 0 Å². The first kappa shape index (κ1) is 10.0. The van der Waals surface area contributed by atoms with Gasteiger partial charge in [0, 0.05) is 13.3 Å². The molecule has 0 heterocycles. The van der Waals surface area contributed by atoms with E-state index in [1.54, 1.807) is 6.21 Å². The van der Waals surface area contributed by atoms with E-state index in [1.807, 2.05) is 13.1 Å². The highest BCUT2D eigenvalue weighted by Gasteiger charge is 1.67. The van der Waals surface area contributed by atoms with Crippen LogP contribution in [0.15, 0.2) is 0 Å².